The Bertz CT molecular complexity index is 476. The van der Waals surface area contributed by atoms with Gasteiger partial charge in [0.05, 0.1) is 23.5 Å². The van der Waals surface area contributed by atoms with E-state index in [1.165, 1.54) is 12.8 Å². The molecule has 5 heteroatoms. The number of hydrogen-bond donors (Lipinski definition) is 2. The van der Waals surface area contributed by atoms with Gasteiger partial charge in [-0.25, -0.2) is 4.79 Å². The van der Waals surface area contributed by atoms with Crippen LogP contribution in [0.3, 0.4) is 0 Å². The lowest BCUT2D eigenvalue weighted by atomic mass is 10.1. The molecule has 2 rings (SSSR count). The number of esters is 1. The molecule has 1 heterocycles. The molecule has 1 fully saturated rings. The average Bonchev–Trinajstić information content (AvgIpc) is 2.83. The molecular formula is C15H23N3O2. The van der Waals surface area contributed by atoms with Crippen LogP contribution in [0.25, 0.3) is 0 Å². The van der Waals surface area contributed by atoms with Crippen LogP contribution in [-0.2, 0) is 4.74 Å². The Labute approximate surface area is 120 Å². The number of nitrogens with one attached hydrogen (secondary N) is 1. The highest BCUT2D eigenvalue weighted by Gasteiger charge is 2.21. The number of nitrogens with two attached hydrogens (primary N) is 1. The van der Waals surface area contributed by atoms with Crippen molar-refractivity contribution >= 4 is 17.3 Å². The third kappa shape index (κ3) is 3.22. The molecule has 5 nitrogen and oxygen atoms in total. The topological polar surface area (TPSA) is 67.6 Å². The van der Waals surface area contributed by atoms with Crippen molar-refractivity contribution in [2.24, 2.45) is 0 Å². The van der Waals surface area contributed by atoms with Gasteiger partial charge >= 0.3 is 5.97 Å². The number of hydrogen-bond acceptors (Lipinski definition) is 5. The number of carbonyl (C=O) groups is 1. The zero-order chi connectivity index (χ0) is 14.5. The van der Waals surface area contributed by atoms with Crippen molar-refractivity contribution in [3.8, 4) is 0 Å². The Morgan fingerprint density at radius 3 is 3.00 bits per heavy atom. The van der Waals surface area contributed by atoms with E-state index in [1.807, 2.05) is 12.1 Å². The lowest BCUT2D eigenvalue weighted by Gasteiger charge is -2.21. The zero-order valence-corrected chi connectivity index (χ0v) is 12.2. The summed E-state index contributed by atoms with van der Waals surface area (Å²) < 4.78 is 5.00. The highest BCUT2D eigenvalue weighted by Crippen LogP contribution is 2.24. The third-order valence-corrected chi connectivity index (χ3v) is 3.80. The van der Waals surface area contributed by atoms with E-state index in [1.54, 1.807) is 13.0 Å². The first-order valence-corrected chi connectivity index (χ1v) is 7.13. The summed E-state index contributed by atoms with van der Waals surface area (Å²) in [6.07, 6.45) is 2.43. The van der Waals surface area contributed by atoms with E-state index in [0.29, 0.717) is 23.9 Å². The SMILES string of the molecule is CCOC(=O)c1cccc(NCC2CCCN2C)c1N. The minimum Gasteiger partial charge on any atom is -0.462 e. The number of carbonyl (C=O) groups excluding carboxylic acids is 1. The first-order valence-electron chi connectivity index (χ1n) is 7.13. The largest absolute Gasteiger partial charge is 0.462 e. The van der Waals surface area contributed by atoms with Crippen LogP contribution >= 0.6 is 0 Å². The molecule has 1 unspecified atom stereocenters. The predicted octanol–water partition coefficient (Wildman–Crippen LogP) is 1.95. The molecule has 0 radical (unpaired) electrons. The second-order valence-electron chi connectivity index (χ2n) is 5.14. The number of rotatable bonds is 5. The highest BCUT2D eigenvalue weighted by atomic mass is 16.5. The fourth-order valence-corrected chi connectivity index (χ4v) is 2.57. The molecule has 0 amide bonds. The van der Waals surface area contributed by atoms with Crippen molar-refractivity contribution in [3.63, 3.8) is 0 Å². The Morgan fingerprint density at radius 2 is 2.35 bits per heavy atom. The molecular weight excluding hydrogens is 254 g/mol. The van der Waals surface area contributed by atoms with Gasteiger partial charge in [0.1, 0.15) is 0 Å². The summed E-state index contributed by atoms with van der Waals surface area (Å²) in [6.45, 7) is 4.12. The maximum atomic E-state index is 11.8. The van der Waals surface area contributed by atoms with Crippen LogP contribution in [0.1, 0.15) is 30.1 Å². The summed E-state index contributed by atoms with van der Waals surface area (Å²) in [5.74, 6) is -0.369. The number of ether oxygens (including phenoxy) is 1. The van der Waals surface area contributed by atoms with Crippen LogP contribution in [-0.4, -0.2) is 43.7 Å². The van der Waals surface area contributed by atoms with Gasteiger partial charge in [-0.05, 0) is 45.5 Å². The zero-order valence-electron chi connectivity index (χ0n) is 12.2. The number of benzene rings is 1. The minimum atomic E-state index is -0.369. The molecule has 1 saturated heterocycles. The van der Waals surface area contributed by atoms with E-state index < -0.39 is 0 Å². The van der Waals surface area contributed by atoms with E-state index in [-0.39, 0.29) is 5.97 Å². The normalized spacial score (nSPS) is 19.0. The molecule has 1 aliphatic heterocycles. The lowest BCUT2D eigenvalue weighted by Crippen LogP contribution is -2.31. The number of likely N-dealkylation sites (N-methyl/N-ethyl adjacent to an activating group) is 1. The maximum Gasteiger partial charge on any atom is 0.340 e. The summed E-state index contributed by atoms with van der Waals surface area (Å²) in [5.41, 5.74) is 7.75. The third-order valence-electron chi connectivity index (χ3n) is 3.80. The van der Waals surface area contributed by atoms with Gasteiger partial charge in [-0.2, -0.15) is 0 Å². The van der Waals surface area contributed by atoms with Crippen LogP contribution < -0.4 is 11.1 Å². The van der Waals surface area contributed by atoms with Crippen LogP contribution in [0.15, 0.2) is 18.2 Å². The lowest BCUT2D eigenvalue weighted by molar-refractivity contribution is 0.0527. The van der Waals surface area contributed by atoms with Gasteiger partial charge in [0.25, 0.3) is 0 Å². The van der Waals surface area contributed by atoms with Gasteiger partial charge in [0.15, 0.2) is 0 Å². The smallest absolute Gasteiger partial charge is 0.340 e. The van der Waals surface area contributed by atoms with Gasteiger partial charge in [0, 0.05) is 12.6 Å². The van der Waals surface area contributed by atoms with Crippen LogP contribution in [0.2, 0.25) is 0 Å². The van der Waals surface area contributed by atoms with E-state index in [4.69, 9.17) is 10.5 Å². The standard InChI is InChI=1S/C15H23N3O2/c1-3-20-15(19)12-7-4-8-13(14(12)16)17-10-11-6-5-9-18(11)2/h4,7-8,11,17H,3,5-6,9-10,16H2,1-2H3. The summed E-state index contributed by atoms with van der Waals surface area (Å²) in [6, 6.07) is 5.94. The second-order valence-corrected chi connectivity index (χ2v) is 5.14. The number of nitrogen functional groups attached to an aromatic ring is 1. The van der Waals surface area contributed by atoms with E-state index in [0.717, 1.165) is 18.8 Å². The van der Waals surface area contributed by atoms with Crippen molar-refractivity contribution in [2.45, 2.75) is 25.8 Å². The molecule has 0 aromatic heterocycles. The second kappa shape index (κ2) is 6.61. The first kappa shape index (κ1) is 14.7. The molecule has 110 valence electrons. The number of anilines is 2. The molecule has 0 bridgehead atoms. The van der Waals surface area contributed by atoms with Gasteiger partial charge in [-0.3, -0.25) is 0 Å². The monoisotopic (exact) mass is 277 g/mol. The van der Waals surface area contributed by atoms with Crippen LogP contribution in [0, 0.1) is 0 Å². The quantitative estimate of drug-likeness (QED) is 0.636. The Balaban J connectivity index is 2.04. The van der Waals surface area contributed by atoms with Crippen molar-refractivity contribution in [3.05, 3.63) is 23.8 Å². The number of para-hydroxylation sites is 1. The molecule has 0 aliphatic carbocycles. The van der Waals surface area contributed by atoms with Crippen molar-refractivity contribution < 1.29 is 9.53 Å². The van der Waals surface area contributed by atoms with E-state index in [2.05, 4.69) is 17.3 Å². The van der Waals surface area contributed by atoms with E-state index >= 15 is 0 Å². The highest BCUT2D eigenvalue weighted by molar-refractivity contribution is 5.98. The van der Waals surface area contributed by atoms with Crippen molar-refractivity contribution in [2.75, 3.05) is 37.8 Å². The van der Waals surface area contributed by atoms with Crippen molar-refractivity contribution in [1.82, 2.24) is 4.90 Å². The average molecular weight is 277 g/mol. The van der Waals surface area contributed by atoms with Gasteiger partial charge in [0.2, 0.25) is 0 Å². The molecule has 1 aromatic carbocycles. The van der Waals surface area contributed by atoms with Gasteiger partial charge in [-0.15, -0.1) is 0 Å². The first-order chi connectivity index (χ1) is 9.63. The van der Waals surface area contributed by atoms with Crippen LogP contribution in [0.4, 0.5) is 11.4 Å². The summed E-state index contributed by atoms with van der Waals surface area (Å²) >= 11 is 0. The van der Waals surface area contributed by atoms with Gasteiger partial charge < -0.3 is 20.7 Å². The Hall–Kier alpha value is -1.75. The fraction of sp³-hybridized carbons (Fsp3) is 0.533. The Morgan fingerprint density at radius 1 is 1.55 bits per heavy atom. The molecule has 0 spiro atoms. The molecule has 3 N–H and O–H groups in total. The maximum absolute atomic E-state index is 11.8. The van der Waals surface area contributed by atoms with E-state index in [9.17, 15) is 4.79 Å². The summed E-state index contributed by atoms with van der Waals surface area (Å²) in [5, 5.41) is 3.35. The van der Waals surface area contributed by atoms with Crippen LogP contribution in [0.5, 0.6) is 0 Å². The predicted molar refractivity (Wildman–Crippen MR) is 81.0 cm³/mol. The Kier molecular flexibility index (Phi) is 4.84. The number of likely N-dealkylation sites (tertiary alicyclic amines) is 1. The fourth-order valence-electron chi connectivity index (χ4n) is 2.57. The molecule has 20 heavy (non-hydrogen) atoms. The summed E-state index contributed by atoms with van der Waals surface area (Å²) in [7, 11) is 2.14. The molecule has 1 atom stereocenters. The minimum absolute atomic E-state index is 0.350. The summed E-state index contributed by atoms with van der Waals surface area (Å²) in [4.78, 5) is 14.1. The number of nitrogens with zero attached hydrogens (tertiary/aromatic N) is 1. The molecule has 1 aliphatic rings. The van der Waals surface area contributed by atoms with Gasteiger partial charge in [-0.1, -0.05) is 6.07 Å². The van der Waals surface area contributed by atoms with Crippen molar-refractivity contribution in [1.29, 1.82) is 0 Å². The molecule has 0 saturated carbocycles. The molecule has 1 aromatic rings.